The van der Waals surface area contributed by atoms with Crippen molar-refractivity contribution in [3.63, 3.8) is 0 Å². The second-order valence-corrected chi connectivity index (χ2v) is 16.0. The smallest absolute Gasteiger partial charge is 0.468 e. The monoisotopic (exact) mass is 766 g/mol. The molecule has 6 atom stereocenters. The van der Waals surface area contributed by atoms with Crippen molar-refractivity contribution in [2.45, 2.75) is 95.3 Å². The molecule has 11 nitrogen and oxygen atoms in total. The van der Waals surface area contributed by atoms with Gasteiger partial charge >= 0.3 is 33.5 Å². The van der Waals surface area contributed by atoms with Crippen LogP contribution in [0, 0.1) is 23.2 Å². The van der Waals surface area contributed by atoms with Crippen molar-refractivity contribution in [1.29, 1.82) is 0 Å². The zero-order valence-electron chi connectivity index (χ0n) is 29.9. The van der Waals surface area contributed by atoms with Crippen molar-refractivity contribution >= 4 is 39.8 Å². The molecule has 0 N–H and O–H groups in total. The Hall–Kier alpha value is -2.82. The molecule has 0 unspecified atom stereocenters. The lowest BCUT2D eigenvalue weighted by atomic mass is 9.64. The first-order valence-electron chi connectivity index (χ1n) is 16.9. The van der Waals surface area contributed by atoms with Gasteiger partial charge in [-0.15, -0.1) is 0 Å². The Balaban J connectivity index is 2.46. The van der Waals surface area contributed by atoms with Crippen LogP contribution in [0.1, 0.15) is 72.6 Å². The topological polar surface area (TPSA) is 141 Å². The van der Waals surface area contributed by atoms with Crippen molar-refractivity contribution in [3.05, 3.63) is 47.8 Å². The van der Waals surface area contributed by atoms with E-state index in [1.54, 1.807) is 26.8 Å². The molecule has 0 spiro atoms. The number of alkyl halides is 3. The van der Waals surface area contributed by atoms with Gasteiger partial charge in [-0.05, 0) is 69.6 Å². The number of unbranched alkanes of at least 4 members (excludes halogenated alkanes) is 3. The standard InChI is InChI=1S/C35H49F3O11S2/c1-8-11-12-13-14-15-16-22-18-26-29(50-10-3)27(24(22)19-23-21-47-33(4,5)48-23)28(49-51(42,43)35(36,37)38)25(30(39)44-6)20-34(26,31(40)45-7)32(41)46-17-9-2/h8-9,11,18,22-24,27,29H,2,10,12-17,19-21H2,1,3-7H3/b11-8+/t22-,23-,24+,27-,29+,34-/m0/s1. The van der Waals surface area contributed by atoms with Gasteiger partial charge in [-0.25, -0.2) is 4.79 Å². The third-order valence-corrected chi connectivity index (χ3v) is 11.5. The van der Waals surface area contributed by atoms with Gasteiger partial charge in [0.05, 0.1) is 32.5 Å². The molecule has 3 aliphatic rings. The van der Waals surface area contributed by atoms with E-state index in [0.717, 1.165) is 45.2 Å². The van der Waals surface area contributed by atoms with E-state index in [2.05, 4.69) is 6.58 Å². The molecule has 1 fully saturated rings. The third-order valence-electron chi connectivity index (χ3n) is 9.29. The van der Waals surface area contributed by atoms with Gasteiger partial charge < -0.3 is 27.9 Å². The number of carbonyl (C=O) groups excluding carboxylic acids is 3. The number of fused-ring (bicyclic) bond motifs is 2. The highest BCUT2D eigenvalue weighted by Crippen LogP contribution is 2.58. The number of methoxy groups -OCH3 is 2. The van der Waals surface area contributed by atoms with Gasteiger partial charge in [0.15, 0.2) is 11.2 Å². The molecule has 288 valence electrons. The van der Waals surface area contributed by atoms with E-state index in [9.17, 15) is 36.0 Å². The van der Waals surface area contributed by atoms with Crippen LogP contribution in [0.15, 0.2) is 47.8 Å². The molecule has 1 heterocycles. The van der Waals surface area contributed by atoms with Crippen LogP contribution in [0.4, 0.5) is 13.2 Å². The maximum atomic E-state index is 14.2. The fourth-order valence-electron chi connectivity index (χ4n) is 7.13. The number of thioether (sulfide) groups is 1. The Bertz CT molecular complexity index is 1490. The Morgan fingerprint density at radius 3 is 2.37 bits per heavy atom. The lowest BCUT2D eigenvalue weighted by molar-refractivity contribution is -0.167. The summed E-state index contributed by atoms with van der Waals surface area (Å²) >= 11 is 1.16. The molecular weight excluding hydrogens is 718 g/mol. The van der Waals surface area contributed by atoms with E-state index in [-0.39, 0.29) is 25.2 Å². The number of ether oxygens (including phenoxy) is 5. The first-order valence-corrected chi connectivity index (χ1v) is 19.4. The normalized spacial score (nSPS) is 27.8. The van der Waals surface area contributed by atoms with Crippen LogP contribution < -0.4 is 0 Å². The molecule has 0 amide bonds. The summed E-state index contributed by atoms with van der Waals surface area (Å²) in [5.74, 6) is -7.67. The van der Waals surface area contributed by atoms with Crippen LogP contribution in [-0.4, -0.2) is 82.2 Å². The number of carbonyl (C=O) groups is 3. The minimum absolute atomic E-state index is 0.128. The van der Waals surface area contributed by atoms with Gasteiger partial charge in [-0.2, -0.15) is 33.4 Å². The SMILES string of the molecule is C=CCOC(=O)[C@@]1(C(=O)OC)CC(C(=O)OC)=C(OS(=O)(=O)C(F)(F)F)[C@@H]2[C@H](C[C@H]3COC(C)(C)O3)[C@@H](CCCCC/C=C/C)C=C1[C@H]2SCC. The fourth-order valence-corrected chi connectivity index (χ4v) is 9.02. The summed E-state index contributed by atoms with van der Waals surface area (Å²) in [7, 11) is -4.42. The van der Waals surface area contributed by atoms with Crippen LogP contribution >= 0.6 is 11.8 Å². The van der Waals surface area contributed by atoms with Gasteiger partial charge in [-0.1, -0.05) is 50.6 Å². The number of halogens is 3. The van der Waals surface area contributed by atoms with Gasteiger partial charge in [-0.3, -0.25) is 9.59 Å². The Morgan fingerprint density at radius 1 is 1.12 bits per heavy atom. The predicted octanol–water partition coefficient (Wildman–Crippen LogP) is 6.55. The number of hydrogen-bond acceptors (Lipinski definition) is 12. The van der Waals surface area contributed by atoms with Crippen molar-refractivity contribution in [2.24, 2.45) is 23.2 Å². The average Bonchev–Trinajstić information content (AvgIpc) is 3.39. The number of rotatable bonds is 17. The molecule has 1 saturated heterocycles. The Labute approximate surface area is 302 Å². The molecule has 0 aromatic rings. The summed E-state index contributed by atoms with van der Waals surface area (Å²) in [4.78, 5) is 41.9. The quantitative estimate of drug-likeness (QED) is 0.0302. The number of allylic oxidation sites excluding steroid dienone is 4. The molecule has 0 radical (unpaired) electrons. The fraction of sp³-hybridized carbons (Fsp3) is 0.686. The first kappa shape index (κ1) is 42.6. The van der Waals surface area contributed by atoms with E-state index < -0.39 is 91.6 Å². The molecule has 0 aromatic heterocycles. The molecule has 2 aliphatic carbocycles. The summed E-state index contributed by atoms with van der Waals surface area (Å²) < 4.78 is 101. The maximum Gasteiger partial charge on any atom is 0.534 e. The lowest BCUT2D eigenvalue weighted by Gasteiger charge is -2.45. The van der Waals surface area contributed by atoms with Crippen molar-refractivity contribution in [2.75, 3.05) is 33.2 Å². The predicted molar refractivity (Wildman–Crippen MR) is 183 cm³/mol. The summed E-state index contributed by atoms with van der Waals surface area (Å²) in [6.45, 7) is 10.4. The molecule has 51 heavy (non-hydrogen) atoms. The van der Waals surface area contributed by atoms with Crippen molar-refractivity contribution in [3.8, 4) is 0 Å². The highest BCUT2D eigenvalue weighted by atomic mass is 32.2. The highest BCUT2D eigenvalue weighted by Gasteiger charge is 2.63. The second kappa shape index (κ2) is 17.8. The summed E-state index contributed by atoms with van der Waals surface area (Å²) in [5.41, 5.74) is -8.92. The summed E-state index contributed by atoms with van der Waals surface area (Å²) in [5, 5.41) is -1.06. The summed E-state index contributed by atoms with van der Waals surface area (Å²) in [6.07, 6.45) is 9.20. The minimum Gasteiger partial charge on any atom is -0.468 e. The van der Waals surface area contributed by atoms with Crippen LogP contribution in [0.3, 0.4) is 0 Å². The summed E-state index contributed by atoms with van der Waals surface area (Å²) in [6, 6.07) is 0. The van der Waals surface area contributed by atoms with Crippen LogP contribution in [0.25, 0.3) is 0 Å². The molecule has 0 aromatic carbocycles. The lowest BCUT2D eigenvalue weighted by Crippen LogP contribution is -2.49. The van der Waals surface area contributed by atoms with Crippen LogP contribution in [0.2, 0.25) is 0 Å². The van der Waals surface area contributed by atoms with Crippen molar-refractivity contribution < 1.29 is 63.8 Å². The van der Waals surface area contributed by atoms with E-state index in [1.165, 1.54) is 6.08 Å². The van der Waals surface area contributed by atoms with Gasteiger partial charge in [0.25, 0.3) is 0 Å². The van der Waals surface area contributed by atoms with E-state index in [1.807, 2.05) is 19.1 Å². The van der Waals surface area contributed by atoms with Crippen molar-refractivity contribution in [1.82, 2.24) is 0 Å². The maximum absolute atomic E-state index is 14.2. The van der Waals surface area contributed by atoms with Gasteiger partial charge in [0, 0.05) is 17.6 Å². The van der Waals surface area contributed by atoms with Gasteiger partial charge in [0.1, 0.15) is 12.4 Å². The molecule has 1 aliphatic heterocycles. The molecule has 16 heteroatoms. The number of hydrogen-bond donors (Lipinski definition) is 0. The van der Waals surface area contributed by atoms with E-state index >= 15 is 0 Å². The Kier molecular flexibility index (Phi) is 14.9. The average molecular weight is 767 g/mol. The minimum atomic E-state index is -6.38. The largest absolute Gasteiger partial charge is 0.534 e. The molecule has 3 rings (SSSR count). The van der Waals surface area contributed by atoms with E-state index in [0.29, 0.717) is 18.6 Å². The Morgan fingerprint density at radius 2 is 1.82 bits per heavy atom. The second-order valence-electron chi connectivity index (χ2n) is 13.0. The zero-order chi connectivity index (χ0) is 38.2. The zero-order valence-corrected chi connectivity index (χ0v) is 31.5. The highest BCUT2D eigenvalue weighted by molar-refractivity contribution is 8.00. The molecular formula is C35H49F3O11S2. The van der Waals surface area contributed by atoms with Gasteiger partial charge in [0.2, 0.25) is 0 Å². The third kappa shape index (κ3) is 9.60. The molecule has 2 bridgehead atoms. The van der Waals surface area contributed by atoms with E-state index in [4.69, 9.17) is 27.9 Å². The van der Waals surface area contributed by atoms with Crippen LogP contribution in [0.5, 0.6) is 0 Å². The van der Waals surface area contributed by atoms with Crippen LogP contribution in [-0.2, 0) is 52.4 Å². The molecule has 0 saturated carbocycles. The number of esters is 3. The first-order chi connectivity index (χ1) is 23.9.